The third-order valence-electron chi connectivity index (χ3n) is 0. The van der Waals surface area contributed by atoms with E-state index in [1.165, 1.54) is 0 Å². The Morgan fingerprint density at radius 3 is 1.00 bits per heavy atom. The van der Waals surface area contributed by atoms with Crippen molar-refractivity contribution < 1.29 is 227 Å². The second-order valence-electron chi connectivity index (χ2n) is 0.250. The average Bonchev–Trinajstić information content (AvgIpc) is 0.811. The Hall–Kier alpha value is 5.39. The van der Waals surface area contributed by atoms with Gasteiger partial charge in [-0.3, -0.25) is 0 Å². The van der Waals surface area contributed by atoms with Crippen LogP contribution in [0, 0.1) is 0 Å². The summed E-state index contributed by atoms with van der Waals surface area (Å²) in [5, 5.41) is 16.7. The first kappa shape index (κ1) is 29.2. The molecule has 0 radical (unpaired) electrons. The van der Waals surface area contributed by atoms with Gasteiger partial charge >= 0.3 is 207 Å². The summed E-state index contributed by atoms with van der Waals surface area (Å²) >= 11 is 0. The molecule has 1 N–H and O–H groups in total. The average molecular weight is 476 g/mol. The molecule has 0 atom stereocenters. The van der Waals surface area contributed by atoms with Crippen molar-refractivity contribution in [2.75, 3.05) is 0 Å². The molecular weight excluding hydrogens is 475 g/mol. The van der Waals surface area contributed by atoms with Gasteiger partial charge in [-0.05, 0) is 6.16 Å². The SMILES string of the molecule is O=C([O-])[O-].[Cs+].[Cs+].[Cs+].[OH-]. The molecule has 0 aliphatic rings. The Kier molecular flexibility index (Phi) is 83.3. The fraction of sp³-hybridized carbons (Fsp3) is 0. The van der Waals surface area contributed by atoms with Crippen molar-refractivity contribution in [3.8, 4) is 0 Å². The molecule has 0 aromatic rings. The van der Waals surface area contributed by atoms with Crippen LogP contribution in [-0.2, 0) is 0 Å². The zero-order valence-corrected chi connectivity index (χ0v) is 24.0. The number of carboxylic acid groups (broad SMARTS) is 2. The molecule has 0 bridgehead atoms. The van der Waals surface area contributed by atoms with E-state index in [9.17, 15) is 0 Å². The number of carbonyl (C=O) groups is 1. The van der Waals surface area contributed by atoms with Crippen molar-refractivity contribution in [1.29, 1.82) is 0 Å². The molecule has 7 heteroatoms. The van der Waals surface area contributed by atoms with Crippen LogP contribution in [0.4, 0.5) is 4.79 Å². The molecule has 4 nitrogen and oxygen atoms in total. The molecule has 0 saturated heterocycles. The third kappa shape index (κ3) is 42.3. The minimum atomic E-state index is -2.33. The van der Waals surface area contributed by atoms with E-state index in [0.29, 0.717) is 0 Å². The standard InChI is InChI=1S/CH2O3.3Cs.H2O/c2-1(3)4;;;;/h(H2,2,3,4);;;;1H2/q;3*+1;/p-3. The maximum atomic E-state index is 8.33. The molecule has 0 aliphatic carbocycles. The predicted octanol–water partition coefficient (Wildman–Crippen LogP) is -11.6. The number of carbonyl (C=O) groups excluding carboxylic acids is 1. The normalized spacial score (nSPS) is 3.00. The van der Waals surface area contributed by atoms with Gasteiger partial charge < -0.3 is 20.5 Å². The van der Waals surface area contributed by atoms with Crippen LogP contribution in [0.2, 0.25) is 0 Å². The second-order valence-corrected chi connectivity index (χ2v) is 0.250. The second kappa shape index (κ2) is 22.8. The summed E-state index contributed by atoms with van der Waals surface area (Å²) in [5.41, 5.74) is 0. The summed E-state index contributed by atoms with van der Waals surface area (Å²) in [4.78, 5) is 8.33. The van der Waals surface area contributed by atoms with Crippen LogP contribution in [0.15, 0.2) is 0 Å². The first-order chi connectivity index (χ1) is 1.73. The van der Waals surface area contributed by atoms with Crippen LogP contribution in [-0.4, -0.2) is 11.6 Å². The topological polar surface area (TPSA) is 93.2 Å². The van der Waals surface area contributed by atoms with Gasteiger partial charge in [0, 0.05) is 0 Å². The Morgan fingerprint density at radius 2 is 1.00 bits per heavy atom. The van der Waals surface area contributed by atoms with Gasteiger partial charge in [0.15, 0.2) is 0 Å². The Bertz CT molecular complexity index is 34.3. The minimum Gasteiger partial charge on any atom is -0.870 e. The van der Waals surface area contributed by atoms with Gasteiger partial charge in [-0.15, -0.1) is 0 Å². The van der Waals surface area contributed by atoms with Gasteiger partial charge in [0.05, 0.1) is 0 Å². The molecule has 0 unspecified atom stereocenters. The van der Waals surface area contributed by atoms with Crippen molar-refractivity contribution in [3.05, 3.63) is 0 Å². The van der Waals surface area contributed by atoms with E-state index >= 15 is 0 Å². The van der Waals surface area contributed by atoms with E-state index in [0.717, 1.165) is 0 Å². The van der Waals surface area contributed by atoms with Crippen LogP contribution in [0.1, 0.15) is 0 Å². The van der Waals surface area contributed by atoms with Crippen LogP contribution in [0.3, 0.4) is 0 Å². The summed E-state index contributed by atoms with van der Waals surface area (Å²) in [5.74, 6) is 0. The summed E-state index contributed by atoms with van der Waals surface area (Å²) in [6.07, 6.45) is -2.33. The van der Waals surface area contributed by atoms with Crippen LogP contribution in [0.25, 0.3) is 0 Å². The molecule has 0 spiro atoms. The summed E-state index contributed by atoms with van der Waals surface area (Å²) in [6.45, 7) is 0. The van der Waals surface area contributed by atoms with E-state index < -0.39 is 6.16 Å². The van der Waals surface area contributed by atoms with Crippen molar-refractivity contribution in [2.45, 2.75) is 0 Å². The molecule has 0 fully saturated rings. The Morgan fingerprint density at radius 1 is 1.00 bits per heavy atom. The fourth-order valence-corrected chi connectivity index (χ4v) is 0. The van der Waals surface area contributed by atoms with Gasteiger partial charge in [-0.25, -0.2) is 0 Å². The van der Waals surface area contributed by atoms with Gasteiger partial charge in [0.1, 0.15) is 0 Å². The molecule has 0 heterocycles. The van der Waals surface area contributed by atoms with Crippen molar-refractivity contribution >= 4 is 6.16 Å². The summed E-state index contributed by atoms with van der Waals surface area (Å²) in [7, 11) is 0. The quantitative estimate of drug-likeness (QED) is 0.348. The zero-order valence-electron chi connectivity index (χ0n) is 5.17. The molecule has 0 saturated carbocycles. The number of hydrogen-bond acceptors (Lipinski definition) is 4. The molecule has 32 valence electrons. The largest absolute Gasteiger partial charge is 1.00 e. The molecule has 0 amide bonds. The molecule has 0 aromatic heterocycles. The number of rotatable bonds is 0. The Labute approximate surface area is 224 Å². The van der Waals surface area contributed by atoms with Gasteiger partial charge in [-0.1, -0.05) is 0 Å². The Balaban J connectivity index is -0.00000000750. The van der Waals surface area contributed by atoms with Gasteiger partial charge in [0.2, 0.25) is 0 Å². The summed E-state index contributed by atoms with van der Waals surface area (Å²) in [6, 6.07) is 0. The van der Waals surface area contributed by atoms with Crippen molar-refractivity contribution in [3.63, 3.8) is 0 Å². The van der Waals surface area contributed by atoms with E-state index in [-0.39, 0.29) is 212 Å². The van der Waals surface area contributed by atoms with Crippen LogP contribution >= 0.6 is 0 Å². The zero-order chi connectivity index (χ0) is 3.58. The van der Waals surface area contributed by atoms with Gasteiger partial charge in [0.25, 0.3) is 0 Å². The number of hydrogen-bond donors (Lipinski definition) is 0. The first-order valence-corrected chi connectivity index (χ1v) is 0.612. The first-order valence-electron chi connectivity index (χ1n) is 0.612. The van der Waals surface area contributed by atoms with E-state index in [1.54, 1.807) is 0 Å². The smallest absolute Gasteiger partial charge is 0.870 e. The summed E-state index contributed by atoms with van der Waals surface area (Å²) < 4.78 is 0. The maximum absolute atomic E-state index is 8.33. The molecule has 0 rings (SSSR count). The monoisotopic (exact) mass is 476 g/mol. The predicted molar refractivity (Wildman–Crippen MR) is 7.33 cm³/mol. The van der Waals surface area contributed by atoms with Crippen molar-refractivity contribution in [1.82, 2.24) is 0 Å². The maximum Gasteiger partial charge on any atom is 1.00 e. The van der Waals surface area contributed by atoms with E-state index in [4.69, 9.17) is 15.0 Å². The van der Waals surface area contributed by atoms with Crippen LogP contribution in [0.5, 0.6) is 0 Å². The fourth-order valence-electron chi connectivity index (χ4n) is 0. The minimum absolute atomic E-state index is 0. The third-order valence-corrected chi connectivity index (χ3v) is 0. The van der Waals surface area contributed by atoms with Crippen molar-refractivity contribution in [2.24, 2.45) is 0 Å². The van der Waals surface area contributed by atoms with Crippen LogP contribution < -0.4 is 217 Å². The van der Waals surface area contributed by atoms with Gasteiger partial charge in [-0.2, -0.15) is 0 Å². The van der Waals surface area contributed by atoms with E-state index in [2.05, 4.69) is 0 Å². The molecular formula is CHCs3O4. The van der Waals surface area contributed by atoms with E-state index in [1.807, 2.05) is 0 Å². The molecule has 0 aromatic carbocycles. The molecule has 0 aliphatic heterocycles. The molecule has 8 heavy (non-hydrogen) atoms.